The van der Waals surface area contributed by atoms with Gasteiger partial charge in [0.1, 0.15) is 12.4 Å². The van der Waals surface area contributed by atoms with Gasteiger partial charge in [-0.3, -0.25) is 0 Å². The van der Waals surface area contributed by atoms with Crippen LogP contribution < -0.4 is 10.1 Å². The number of hydrogen-bond donors (Lipinski definition) is 1. The molecule has 0 aliphatic rings. The van der Waals surface area contributed by atoms with E-state index >= 15 is 0 Å². The molecular weight excluding hydrogens is 290 g/mol. The molecule has 0 saturated heterocycles. The van der Waals surface area contributed by atoms with Gasteiger partial charge in [-0.2, -0.15) is 0 Å². The summed E-state index contributed by atoms with van der Waals surface area (Å²) in [6.07, 6.45) is 1.18. The summed E-state index contributed by atoms with van der Waals surface area (Å²) in [7, 11) is 0. The highest BCUT2D eigenvalue weighted by molar-refractivity contribution is 9.10. The number of rotatable bonds is 6. The van der Waals surface area contributed by atoms with Crippen LogP contribution in [-0.2, 0) is 0 Å². The molecule has 1 aromatic rings. The van der Waals surface area contributed by atoms with Crippen LogP contribution in [0.4, 0.5) is 0 Å². The predicted octanol–water partition coefficient (Wildman–Crippen LogP) is 4.16. The topological polar surface area (TPSA) is 21.3 Å². The summed E-state index contributed by atoms with van der Waals surface area (Å²) in [5.41, 5.74) is 1.60. The molecule has 0 aliphatic carbocycles. The van der Waals surface area contributed by atoms with Crippen molar-refractivity contribution in [1.82, 2.24) is 5.32 Å². The van der Waals surface area contributed by atoms with E-state index < -0.39 is 0 Å². The highest BCUT2D eigenvalue weighted by Gasteiger charge is 2.08. The highest BCUT2D eigenvalue weighted by atomic mass is 79.9. The van der Waals surface area contributed by atoms with Gasteiger partial charge in [-0.25, -0.2) is 0 Å². The van der Waals surface area contributed by atoms with Crippen LogP contribution in [0.2, 0.25) is 0 Å². The van der Waals surface area contributed by atoms with Crippen molar-refractivity contribution in [2.75, 3.05) is 19.7 Å². The lowest BCUT2D eigenvalue weighted by atomic mass is 9.92. The minimum Gasteiger partial charge on any atom is -0.492 e. The zero-order valence-electron chi connectivity index (χ0n) is 11.8. The molecular formula is C15H24BrNO. The molecule has 0 fully saturated rings. The molecule has 0 spiro atoms. The van der Waals surface area contributed by atoms with Crippen LogP contribution in [0.1, 0.15) is 32.8 Å². The van der Waals surface area contributed by atoms with Crippen LogP contribution in [0.5, 0.6) is 5.75 Å². The lowest BCUT2D eigenvalue weighted by Crippen LogP contribution is -2.25. The predicted molar refractivity (Wildman–Crippen MR) is 81.3 cm³/mol. The van der Waals surface area contributed by atoms with E-state index in [1.807, 2.05) is 12.1 Å². The quantitative estimate of drug-likeness (QED) is 0.796. The molecule has 0 aliphatic heterocycles. The van der Waals surface area contributed by atoms with Crippen molar-refractivity contribution in [2.24, 2.45) is 5.41 Å². The lowest BCUT2D eigenvalue weighted by Gasteiger charge is -2.18. The minimum atomic E-state index is 0.399. The Morgan fingerprint density at radius 1 is 1.22 bits per heavy atom. The van der Waals surface area contributed by atoms with Gasteiger partial charge in [0.05, 0.1) is 0 Å². The second-order valence-corrected chi connectivity index (χ2v) is 6.67. The van der Waals surface area contributed by atoms with Crippen LogP contribution >= 0.6 is 15.9 Å². The van der Waals surface area contributed by atoms with E-state index in [0.717, 1.165) is 23.3 Å². The van der Waals surface area contributed by atoms with Gasteiger partial charge in [-0.15, -0.1) is 0 Å². The van der Waals surface area contributed by atoms with Crippen LogP contribution in [0, 0.1) is 12.3 Å². The van der Waals surface area contributed by atoms with Gasteiger partial charge in [-0.05, 0) is 49.1 Å². The van der Waals surface area contributed by atoms with Gasteiger partial charge in [0.2, 0.25) is 0 Å². The van der Waals surface area contributed by atoms with E-state index in [0.29, 0.717) is 12.0 Å². The van der Waals surface area contributed by atoms with Crippen LogP contribution in [-0.4, -0.2) is 19.7 Å². The molecule has 0 aromatic heterocycles. The third kappa shape index (κ3) is 6.41. The molecule has 1 rings (SSSR count). The van der Waals surface area contributed by atoms with E-state index in [1.165, 1.54) is 12.0 Å². The van der Waals surface area contributed by atoms with Crippen molar-refractivity contribution >= 4 is 15.9 Å². The van der Waals surface area contributed by atoms with Crippen molar-refractivity contribution in [3.05, 3.63) is 28.2 Å². The summed E-state index contributed by atoms with van der Waals surface area (Å²) in [5.74, 6) is 0.938. The number of halogens is 1. The minimum absolute atomic E-state index is 0.399. The third-order valence-electron chi connectivity index (χ3n) is 2.73. The largest absolute Gasteiger partial charge is 0.492 e. The molecule has 0 radical (unpaired) electrons. The Kier molecular flexibility index (Phi) is 6.16. The van der Waals surface area contributed by atoms with E-state index in [2.05, 4.69) is 55.0 Å². The molecule has 3 heteroatoms. The molecule has 1 N–H and O–H groups in total. The summed E-state index contributed by atoms with van der Waals surface area (Å²) in [5, 5.41) is 3.40. The monoisotopic (exact) mass is 313 g/mol. The summed E-state index contributed by atoms with van der Waals surface area (Å²) in [6, 6.07) is 6.07. The molecule has 0 saturated carbocycles. The lowest BCUT2D eigenvalue weighted by molar-refractivity contribution is 0.304. The smallest absolute Gasteiger partial charge is 0.119 e. The molecule has 2 nitrogen and oxygen atoms in total. The van der Waals surface area contributed by atoms with E-state index in [1.54, 1.807) is 0 Å². The first-order valence-electron chi connectivity index (χ1n) is 6.48. The van der Waals surface area contributed by atoms with Gasteiger partial charge in [0, 0.05) is 11.0 Å². The Labute approximate surface area is 119 Å². The molecule has 18 heavy (non-hydrogen) atoms. The maximum absolute atomic E-state index is 5.69. The second kappa shape index (κ2) is 7.15. The number of ether oxygens (including phenoxy) is 1. The Bertz CT molecular complexity index is 371. The van der Waals surface area contributed by atoms with Crippen molar-refractivity contribution < 1.29 is 4.74 Å². The molecule has 0 bridgehead atoms. The van der Waals surface area contributed by atoms with Gasteiger partial charge in [0.25, 0.3) is 0 Å². The van der Waals surface area contributed by atoms with Crippen molar-refractivity contribution in [3.8, 4) is 5.75 Å². The van der Waals surface area contributed by atoms with Gasteiger partial charge < -0.3 is 10.1 Å². The molecule has 0 amide bonds. The molecule has 0 unspecified atom stereocenters. The first kappa shape index (κ1) is 15.5. The zero-order valence-corrected chi connectivity index (χ0v) is 13.4. The Hall–Kier alpha value is -0.540. The SMILES string of the molecule is Cc1cc(OCCNCCC(C)(C)C)ccc1Br. The van der Waals surface area contributed by atoms with Gasteiger partial charge in [-0.1, -0.05) is 36.7 Å². The molecule has 0 heterocycles. The van der Waals surface area contributed by atoms with Crippen molar-refractivity contribution in [2.45, 2.75) is 34.1 Å². The Morgan fingerprint density at radius 2 is 1.94 bits per heavy atom. The molecule has 1 aromatic carbocycles. The first-order valence-corrected chi connectivity index (χ1v) is 7.27. The number of aryl methyl sites for hydroxylation is 1. The number of hydrogen-bond acceptors (Lipinski definition) is 2. The van der Waals surface area contributed by atoms with Gasteiger partial charge >= 0.3 is 0 Å². The fraction of sp³-hybridized carbons (Fsp3) is 0.600. The van der Waals surface area contributed by atoms with Crippen molar-refractivity contribution in [1.29, 1.82) is 0 Å². The molecule has 0 atom stereocenters. The van der Waals surface area contributed by atoms with Crippen molar-refractivity contribution in [3.63, 3.8) is 0 Å². The van der Waals surface area contributed by atoms with E-state index in [9.17, 15) is 0 Å². The summed E-state index contributed by atoms with van der Waals surface area (Å²) in [6.45, 7) is 11.5. The zero-order chi connectivity index (χ0) is 13.6. The summed E-state index contributed by atoms with van der Waals surface area (Å²) >= 11 is 3.48. The number of benzene rings is 1. The maximum Gasteiger partial charge on any atom is 0.119 e. The summed E-state index contributed by atoms with van der Waals surface area (Å²) < 4.78 is 6.81. The fourth-order valence-electron chi connectivity index (χ4n) is 1.54. The third-order valence-corrected chi connectivity index (χ3v) is 3.62. The normalized spacial score (nSPS) is 11.6. The summed E-state index contributed by atoms with van der Waals surface area (Å²) in [4.78, 5) is 0. The van der Waals surface area contributed by atoms with Crippen LogP contribution in [0.25, 0.3) is 0 Å². The average Bonchev–Trinajstić information content (AvgIpc) is 2.26. The standard InChI is InChI=1S/C15H24BrNO/c1-12-11-13(5-6-14(12)16)18-10-9-17-8-7-15(2,3)4/h5-6,11,17H,7-10H2,1-4H3. The Balaban J connectivity index is 2.16. The van der Waals surface area contributed by atoms with Crippen LogP contribution in [0.15, 0.2) is 22.7 Å². The van der Waals surface area contributed by atoms with Gasteiger partial charge in [0.15, 0.2) is 0 Å². The first-order chi connectivity index (χ1) is 8.38. The maximum atomic E-state index is 5.69. The Morgan fingerprint density at radius 3 is 2.56 bits per heavy atom. The highest BCUT2D eigenvalue weighted by Crippen LogP contribution is 2.21. The van der Waals surface area contributed by atoms with Crippen LogP contribution in [0.3, 0.4) is 0 Å². The molecule has 102 valence electrons. The fourth-order valence-corrected chi connectivity index (χ4v) is 1.78. The second-order valence-electron chi connectivity index (χ2n) is 5.82. The average molecular weight is 314 g/mol. The van der Waals surface area contributed by atoms with E-state index in [-0.39, 0.29) is 0 Å². The van der Waals surface area contributed by atoms with E-state index in [4.69, 9.17) is 4.74 Å². The number of nitrogens with one attached hydrogen (secondary N) is 1.